The Kier molecular flexibility index (Phi) is 6.56. The van der Waals surface area contributed by atoms with Crippen LogP contribution in [0.4, 0.5) is 5.00 Å². The number of rotatable bonds is 7. The summed E-state index contributed by atoms with van der Waals surface area (Å²) in [5.74, 6) is -0.999. The Morgan fingerprint density at radius 3 is 2.60 bits per heavy atom. The van der Waals surface area contributed by atoms with Crippen molar-refractivity contribution in [1.82, 2.24) is 9.47 Å². The van der Waals surface area contributed by atoms with E-state index in [0.29, 0.717) is 22.0 Å². The Bertz CT molecular complexity index is 1100. The van der Waals surface area contributed by atoms with Crippen molar-refractivity contribution in [2.75, 3.05) is 26.0 Å². The number of hydrogen-bond donors (Lipinski definition) is 1. The van der Waals surface area contributed by atoms with E-state index in [1.165, 1.54) is 4.90 Å². The van der Waals surface area contributed by atoms with Gasteiger partial charge < -0.3 is 19.5 Å². The zero-order chi connectivity index (χ0) is 21.8. The molecule has 1 aromatic carbocycles. The summed E-state index contributed by atoms with van der Waals surface area (Å²) in [6, 6.07) is 9.97. The highest BCUT2D eigenvalue weighted by Crippen LogP contribution is 2.34. The zero-order valence-corrected chi connectivity index (χ0v) is 18.3. The maximum atomic E-state index is 12.6. The molecule has 2 heterocycles. The number of ether oxygens (including phenoxy) is 1. The van der Waals surface area contributed by atoms with Gasteiger partial charge in [-0.15, -0.1) is 11.3 Å². The van der Waals surface area contributed by atoms with E-state index < -0.39 is 5.97 Å². The van der Waals surface area contributed by atoms with Crippen LogP contribution < -0.4 is 5.32 Å². The van der Waals surface area contributed by atoms with Crippen molar-refractivity contribution in [3.8, 4) is 0 Å². The van der Waals surface area contributed by atoms with Gasteiger partial charge in [-0.25, -0.2) is 4.79 Å². The van der Waals surface area contributed by atoms with Crippen LogP contribution in [0.5, 0.6) is 0 Å². The Morgan fingerprint density at radius 1 is 1.17 bits per heavy atom. The number of carbonyl (C=O) groups is 3. The molecule has 0 aliphatic heterocycles. The fraction of sp³-hybridized carbons (Fsp3) is 0.318. The lowest BCUT2D eigenvalue weighted by Gasteiger charge is -2.09. The third-order valence-corrected chi connectivity index (χ3v) is 5.93. The number of amides is 2. The molecule has 30 heavy (non-hydrogen) atoms. The molecule has 158 valence electrons. The first-order valence-electron chi connectivity index (χ1n) is 9.69. The van der Waals surface area contributed by atoms with Gasteiger partial charge >= 0.3 is 5.97 Å². The Hall–Kier alpha value is -3.13. The highest BCUT2D eigenvalue weighted by Gasteiger charge is 2.27. The lowest BCUT2D eigenvalue weighted by molar-refractivity contribution is -0.116. The molecule has 0 fully saturated rings. The third kappa shape index (κ3) is 4.38. The second-order valence-corrected chi connectivity index (χ2v) is 8.07. The first kappa shape index (κ1) is 21.6. The number of para-hydroxylation sites is 1. The number of aromatic nitrogens is 1. The van der Waals surface area contributed by atoms with E-state index in [4.69, 9.17) is 4.74 Å². The van der Waals surface area contributed by atoms with E-state index in [0.717, 1.165) is 22.2 Å². The number of nitrogens with zero attached hydrogens (tertiary/aromatic N) is 2. The first-order chi connectivity index (χ1) is 14.3. The van der Waals surface area contributed by atoms with Crippen molar-refractivity contribution in [1.29, 1.82) is 0 Å². The zero-order valence-electron chi connectivity index (χ0n) is 17.5. The fourth-order valence-corrected chi connectivity index (χ4v) is 4.44. The molecule has 3 rings (SSSR count). The normalized spacial score (nSPS) is 10.8. The molecule has 2 amide bonds. The molecule has 0 spiro atoms. The molecule has 3 aromatic rings. The number of thiophene rings is 1. The standard InChI is InChI=1S/C22H25N3O4S/c1-5-29-22(28)18-14(2)19(21(27)24(3)4)30-20(18)23-17(26)11-13-25-12-10-15-8-6-7-9-16(15)25/h6-10,12H,5,11,13H2,1-4H3,(H,23,26). The van der Waals surface area contributed by atoms with Crippen LogP contribution in [-0.2, 0) is 16.1 Å². The number of esters is 1. The summed E-state index contributed by atoms with van der Waals surface area (Å²) in [5.41, 5.74) is 1.82. The summed E-state index contributed by atoms with van der Waals surface area (Å²) in [7, 11) is 3.29. The van der Waals surface area contributed by atoms with Crippen LogP contribution in [0.25, 0.3) is 10.9 Å². The number of hydrogen-bond acceptors (Lipinski definition) is 5. The average molecular weight is 428 g/mol. The third-order valence-electron chi connectivity index (χ3n) is 4.74. The Balaban J connectivity index is 1.80. The van der Waals surface area contributed by atoms with Gasteiger partial charge in [-0.2, -0.15) is 0 Å². The number of anilines is 1. The first-order valence-corrected chi connectivity index (χ1v) is 10.5. The minimum Gasteiger partial charge on any atom is -0.462 e. The van der Waals surface area contributed by atoms with Crippen LogP contribution in [0, 0.1) is 6.92 Å². The minimum absolute atomic E-state index is 0.208. The average Bonchev–Trinajstić information content (AvgIpc) is 3.26. The monoisotopic (exact) mass is 427 g/mol. The molecule has 0 bridgehead atoms. The Morgan fingerprint density at radius 2 is 1.90 bits per heavy atom. The number of aryl methyl sites for hydroxylation is 1. The van der Waals surface area contributed by atoms with Crippen molar-refractivity contribution < 1.29 is 19.1 Å². The molecule has 7 nitrogen and oxygen atoms in total. The highest BCUT2D eigenvalue weighted by molar-refractivity contribution is 7.18. The number of carbonyl (C=O) groups excluding carboxylic acids is 3. The molecule has 2 aromatic heterocycles. The number of fused-ring (bicyclic) bond motifs is 1. The SMILES string of the molecule is CCOC(=O)c1c(NC(=O)CCn2ccc3ccccc32)sc(C(=O)N(C)C)c1C. The molecule has 1 N–H and O–H groups in total. The smallest absolute Gasteiger partial charge is 0.341 e. The van der Waals surface area contributed by atoms with Crippen molar-refractivity contribution in [3.63, 3.8) is 0 Å². The van der Waals surface area contributed by atoms with Crippen LogP contribution in [-0.4, -0.2) is 48.0 Å². The van der Waals surface area contributed by atoms with E-state index in [9.17, 15) is 14.4 Å². The molecule has 0 aliphatic rings. The topological polar surface area (TPSA) is 80.6 Å². The summed E-state index contributed by atoms with van der Waals surface area (Å²) in [4.78, 5) is 39.4. The van der Waals surface area contributed by atoms with Crippen LogP contribution in [0.2, 0.25) is 0 Å². The van der Waals surface area contributed by atoms with Gasteiger partial charge in [-0.3, -0.25) is 9.59 Å². The fourth-order valence-electron chi connectivity index (χ4n) is 3.20. The molecular formula is C22H25N3O4S. The predicted molar refractivity (Wildman–Crippen MR) is 118 cm³/mol. The summed E-state index contributed by atoms with van der Waals surface area (Å²) in [5, 5.41) is 4.27. The van der Waals surface area contributed by atoms with E-state index >= 15 is 0 Å². The number of benzene rings is 1. The number of nitrogens with one attached hydrogen (secondary N) is 1. The van der Waals surface area contributed by atoms with Crippen LogP contribution in [0.15, 0.2) is 36.5 Å². The molecule has 0 saturated carbocycles. The van der Waals surface area contributed by atoms with Gasteiger partial charge in [0.05, 0.1) is 17.0 Å². The summed E-state index contributed by atoms with van der Waals surface area (Å²) < 4.78 is 7.15. The maximum Gasteiger partial charge on any atom is 0.341 e. The molecule has 0 radical (unpaired) electrons. The van der Waals surface area contributed by atoms with Gasteiger partial charge in [0.1, 0.15) is 5.00 Å². The molecule has 0 saturated heterocycles. The van der Waals surface area contributed by atoms with Gasteiger partial charge in [0.2, 0.25) is 5.91 Å². The molecule has 0 unspecified atom stereocenters. The van der Waals surface area contributed by atoms with E-state index in [1.54, 1.807) is 27.9 Å². The second kappa shape index (κ2) is 9.13. The van der Waals surface area contributed by atoms with Gasteiger partial charge in [-0.1, -0.05) is 18.2 Å². The van der Waals surface area contributed by atoms with Crippen molar-refractivity contribution in [2.45, 2.75) is 26.8 Å². The highest BCUT2D eigenvalue weighted by atomic mass is 32.1. The molecule has 0 atom stereocenters. The quantitative estimate of drug-likeness (QED) is 0.580. The van der Waals surface area contributed by atoms with Crippen molar-refractivity contribution in [2.24, 2.45) is 0 Å². The lowest BCUT2D eigenvalue weighted by atomic mass is 10.1. The molecular weight excluding hydrogens is 402 g/mol. The summed E-state index contributed by atoms with van der Waals surface area (Å²) >= 11 is 1.10. The predicted octanol–water partition coefficient (Wildman–Crippen LogP) is 3.92. The van der Waals surface area contributed by atoms with Gasteiger partial charge in [-0.05, 0) is 36.9 Å². The van der Waals surface area contributed by atoms with Crippen molar-refractivity contribution in [3.05, 3.63) is 52.5 Å². The van der Waals surface area contributed by atoms with Gasteiger partial charge in [0.15, 0.2) is 0 Å². The molecule has 0 aliphatic carbocycles. The van der Waals surface area contributed by atoms with Crippen LogP contribution in [0.1, 0.15) is 38.9 Å². The summed E-state index contributed by atoms with van der Waals surface area (Å²) in [6.45, 7) is 4.12. The second-order valence-electron chi connectivity index (χ2n) is 7.05. The summed E-state index contributed by atoms with van der Waals surface area (Å²) in [6.07, 6.45) is 2.18. The van der Waals surface area contributed by atoms with E-state index in [2.05, 4.69) is 5.32 Å². The minimum atomic E-state index is -0.546. The molecule has 8 heteroatoms. The van der Waals surface area contributed by atoms with Crippen LogP contribution in [0.3, 0.4) is 0 Å². The van der Waals surface area contributed by atoms with E-state index in [1.807, 2.05) is 41.1 Å². The van der Waals surface area contributed by atoms with Crippen molar-refractivity contribution >= 4 is 45.0 Å². The van der Waals surface area contributed by atoms with Crippen LogP contribution >= 0.6 is 11.3 Å². The largest absolute Gasteiger partial charge is 0.462 e. The van der Waals surface area contributed by atoms with E-state index in [-0.39, 0.29) is 30.4 Å². The lowest BCUT2D eigenvalue weighted by Crippen LogP contribution is -2.21. The maximum absolute atomic E-state index is 12.6. The van der Waals surface area contributed by atoms with Gasteiger partial charge in [0, 0.05) is 38.8 Å². The Labute approximate surface area is 179 Å². The van der Waals surface area contributed by atoms with Gasteiger partial charge in [0.25, 0.3) is 5.91 Å².